The molecule has 1 unspecified atom stereocenters. The summed E-state index contributed by atoms with van der Waals surface area (Å²) in [7, 11) is 0. The van der Waals surface area contributed by atoms with Gasteiger partial charge in [0.2, 0.25) is 5.89 Å². The monoisotopic (exact) mass is 243 g/mol. The highest BCUT2D eigenvalue weighted by Gasteiger charge is 2.21. The molecule has 0 amide bonds. The van der Waals surface area contributed by atoms with Crippen molar-refractivity contribution in [3.05, 3.63) is 47.1 Å². The van der Waals surface area contributed by atoms with Crippen molar-refractivity contribution in [2.45, 2.75) is 32.2 Å². The molecule has 18 heavy (non-hydrogen) atoms. The molecule has 1 aromatic carbocycles. The molecule has 2 aromatic rings. The Balaban J connectivity index is 1.75. The van der Waals surface area contributed by atoms with Gasteiger partial charge < -0.3 is 9.84 Å². The Morgan fingerprint density at radius 2 is 2.28 bits per heavy atom. The number of aromatic nitrogens is 2. The minimum atomic E-state index is 0.277. The van der Waals surface area contributed by atoms with Gasteiger partial charge in [-0.25, -0.2) is 0 Å². The smallest absolute Gasteiger partial charge is 0.231 e. The van der Waals surface area contributed by atoms with E-state index in [0.29, 0.717) is 12.3 Å². The molecule has 1 fully saturated rings. The van der Waals surface area contributed by atoms with Crippen LogP contribution in [0.15, 0.2) is 28.8 Å². The fourth-order valence-corrected chi connectivity index (χ4v) is 2.36. The summed E-state index contributed by atoms with van der Waals surface area (Å²) in [6.07, 6.45) is 3.00. The molecule has 0 aliphatic carbocycles. The van der Waals surface area contributed by atoms with Gasteiger partial charge in [0.25, 0.3) is 0 Å². The summed E-state index contributed by atoms with van der Waals surface area (Å²) in [4.78, 5) is 4.49. The molecule has 0 bridgehead atoms. The van der Waals surface area contributed by atoms with Crippen LogP contribution in [-0.2, 0) is 6.42 Å². The highest BCUT2D eigenvalue weighted by molar-refractivity contribution is 5.27. The van der Waals surface area contributed by atoms with E-state index >= 15 is 0 Å². The Hall–Kier alpha value is -1.68. The Morgan fingerprint density at radius 1 is 1.39 bits per heavy atom. The molecule has 94 valence electrons. The number of hydrogen-bond donors (Lipinski definition) is 1. The second-order valence-electron chi connectivity index (χ2n) is 4.80. The maximum Gasteiger partial charge on any atom is 0.231 e. The second kappa shape index (κ2) is 4.90. The lowest BCUT2D eigenvalue weighted by atomic mass is 10.1. The van der Waals surface area contributed by atoms with Crippen molar-refractivity contribution in [3.63, 3.8) is 0 Å². The number of aryl methyl sites for hydroxylation is 1. The molecule has 1 aromatic heterocycles. The van der Waals surface area contributed by atoms with Crippen molar-refractivity contribution >= 4 is 0 Å². The Morgan fingerprint density at radius 3 is 3.06 bits per heavy atom. The molecular formula is C14H17N3O. The highest BCUT2D eigenvalue weighted by atomic mass is 16.5. The fraction of sp³-hybridized carbons (Fsp3) is 0.429. The van der Waals surface area contributed by atoms with Crippen molar-refractivity contribution in [1.82, 2.24) is 15.5 Å². The number of nitrogens with one attached hydrogen (secondary N) is 1. The predicted molar refractivity (Wildman–Crippen MR) is 68.3 cm³/mol. The van der Waals surface area contributed by atoms with Crippen LogP contribution in [0.3, 0.4) is 0 Å². The van der Waals surface area contributed by atoms with E-state index in [0.717, 1.165) is 18.8 Å². The van der Waals surface area contributed by atoms with Crippen molar-refractivity contribution < 1.29 is 4.52 Å². The topological polar surface area (TPSA) is 51.0 Å². The van der Waals surface area contributed by atoms with Gasteiger partial charge in [0.15, 0.2) is 5.82 Å². The number of nitrogens with zero attached hydrogens (tertiary/aromatic N) is 2. The zero-order valence-electron chi connectivity index (χ0n) is 10.5. The molecule has 3 rings (SSSR count). The van der Waals surface area contributed by atoms with Crippen molar-refractivity contribution in [2.24, 2.45) is 0 Å². The van der Waals surface area contributed by atoms with Gasteiger partial charge in [-0.2, -0.15) is 4.98 Å². The molecule has 1 saturated heterocycles. The van der Waals surface area contributed by atoms with Crippen molar-refractivity contribution in [1.29, 1.82) is 0 Å². The van der Waals surface area contributed by atoms with Gasteiger partial charge in [-0.3, -0.25) is 0 Å². The van der Waals surface area contributed by atoms with Gasteiger partial charge in [0.05, 0.1) is 12.5 Å². The lowest BCUT2D eigenvalue weighted by molar-refractivity contribution is 0.373. The zero-order valence-corrected chi connectivity index (χ0v) is 10.5. The van der Waals surface area contributed by atoms with Crippen molar-refractivity contribution in [2.75, 3.05) is 6.54 Å². The van der Waals surface area contributed by atoms with Crippen LogP contribution < -0.4 is 5.32 Å². The first-order valence-corrected chi connectivity index (χ1v) is 6.43. The maximum absolute atomic E-state index is 5.33. The summed E-state index contributed by atoms with van der Waals surface area (Å²) in [5.74, 6) is 1.50. The van der Waals surface area contributed by atoms with Crippen LogP contribution in [0.4, 0.5) is 0 Å². The third kappa shape index (κ3) is 2.29. The normalized spacial score (nSPS) is 19.3. The molecule has 0 radical (unpaired) electrons. The van der Waals surface area contributed by atoms with Gasteiger partial charge in [-0.05, 0) is 37.4 Å². The summed E-state index contributed by atoms with van der Waals surface area (Å²) in [5, 5.41) is 7.45. The largest absolute Gasteiger partial charge is 0.339 e. The lowest BCUT2D eigenvalue weighted by Crippen LogP contribution is -2.14. The minimum absolute atomic E-state index is 0.277. The van der Waals surface area contributed by atoms with Crippen LogP contribution in [-0.4, -0.2) is 16.7 Å². The van der Waals surface area contributed by atoms with Crippen LogP contribution in [0.2, 0.25) is 0 Å². The van der Waals surface area contributed by atoms with E-state index in [9.17, 15) is 0 Å². The lowest BCUT2D eigenvalue weighted by Gasteiger charge is -2.02. The first kappa shape index (κ1) is 11.4. The summed E-state index contributed by atoms with van der Waals surface area (Å²) >= 11 is 0. The van der Waals surface area contributed by atoms with Gasteiger partial charge in [-0.1, -0.05) is 29.4 Å². The van der Waals surface area contributed by atoms with E-state index in [2.05, 4.69) is 34.5 Å². The van der Waals surface area contributed by atoms with Crippen LogP contribution in [0.1, 0.15) is 41.7 Å². The maximum atomic E-state index is 5.33. The van der Waals surface area contributed by atoms with Crippen LogP contribution in [0.5, 0.6) is 0 Å². The Bertz CT molecular complexity index is 529. The van der Waals surface area contributed by atoms with Gasteiger partial charge >= 0.3 is 0 Å². The zero-order chi connectivity index (χ0) is 12.4. The first-order valence-electron chi connectivity index (χ1n) is 6.43. The third-order valence-electron chi connectivity index (χ3n) is 3.46. The fourth-order valence-electron chi connectivity index (χ4n) is 2.36. The number of benzene rings is 1. The van der Waals surface area contributed by atoms with Gasteiger partial charge in [0.1, 0.15) is 0 Å². The summed E-state index contributed by atoms with van der Waals surface area (Å²) in [6.45, 7) is 3.15. The van der Waals surface area contributed by atoms with E-state index in [1.165, 1.54) is 17.5 Å². The van der Waals surface area contributed by atoms with E-state index in [1.54, 1.807) is 0 Å². The molecule has 2 heterocycles. The Labute approximate surface area is 106 Å². The summed E-state index contributed by atoms with van der Waals surface area (Å²) in [6, 6.07) is 8.57. The van der Waals surface area contributed by atoms with Crippen LogP contribution >= 0.6 is 0 Å². The average molecular weight is 243 g/mol. The molecule has 0 spiro atoms. The van der Waals surface area contributed by atoms with E-state index in [-0.39, 0.29) is 6.04 Å². The third-order valence-corrected chi connectivity index (χ3v) is 3.46. The predicted octanol–water partition coefficient (Wildman–Crippen LogP) is 2.39. The number of hydrogen-bond acceptors (Lipinski definition) is 4. The SMILES string of the molecule is Cc1ccccc1Cc1nc(C2CCCN2)no1. The molecule has 1 aliphatic rings. The summed E-state index contributed by atoms with van der Waals surface area (Å²) < 4.78 is 5.33. The standard InChI is InChI=1S/C14H17N3O/c1-10-5-2-3-6-11(10)9-13-16-14(17-18-13)12-7-4-8-15-12/h2-3,5-6,12,15H,4,7-9H2,1H3. The highest BCUT2D eigenvalue weighted by Crippen LogP contribution is 2.21. The molecular weight excluding hydrogens is 226 g/mol. The quantitative estimate of drug-likeness (QED) is 0.899. The second-order valence-corrected chi connectivity index (χ2v) is 4.80. The molecule has 0 saturated carbocycles. The van der Waals surface area contributed by atoms with E-state index < -0.39 is 0 Å². The molecule has 1 atom stereocenters. The minimum Gasteiger partial charge on any atom is -0.339 e. The summed E-state index contributed by atoms with van der Waals surface area (Å²) in [5.41, 5.74) is 2.50. The van der Waals surface area contributed by atoms with Crippen LogP contribution in [0, 0.1) is 6.92 Å². The molecule has 1 aliphatic heterocycles. The number of rotatable bonds is 3. The van der Waals surface area contributed by atoms with Gasteiger partial charge in [-0.15, -0.1) is 0 Å². The molecule has 4 nitrogen and oxygen atoms in total. The van der Waals surface area contributed by atoms with E-state index in [4.69, 9.17) is 4.52 Å². The first-order chi connectivity index (χ1) is 8.83. The van der Waals surface area contributed by atoms with Gasteiger partial charge in [0, 0.05) is 0 Å². The van der Waals surface area contributed by atoms with E-state index in [1.807, 2.05) is 12.1 Å². The molecule has 4 heteroatoms. The van der Waals surface area contributed by atoms with Crippen molar-refractivity contribution in [3.8, 4) is 0 Å². The van der Waals surface area contributed by atoms with Crippen LogP contribution in [0.25, 0.3) is 0 Å². The molecule has 1 N–H and O–H groups in total. The Kier molecular flexibility index (Phi) is 3.11. The average Bonchev–Trinajstić information content (AvgIpc) is 3.02.